The maximum absolute atomic E-state index is 12.6. The van der Waals surface area contributed by atoms with E-state index in [1.54, 1.807) is 0 Å². The Labute approximate surface area is 310 Å². The third kappa shape index (κ3) is 36.6. The number of ether oxygens (including phenoxy) is 2. The van der Waals surface area contributed by atoms with Crippen LogP contribution in [0.5, 0.6) is 0 Å². The van der Waals surface area contributed by atoms with Gasteiger partial charge in [-0.2, -0.15) is 0 Å². The summed E-state index contributed by atoms with van der Waals surface area (Å²) < 4.78 is 32.6. The Bertz CT molecular complexity index is 910. The lowest BCUT2D eigenvalue weighted by atomic mass is 10.1. The Morgan fingerprint density at radius 2 is 0.961 bits per heavy atom. The monoisotopic (exact) mass is 747 g/mol. The summed E-state index contributed by atoms with van der Waals surface area (Å²) in [6.07, 6.45) is 34.3. The van der Waals surface area contributed by atoms with Gasteiger partial charge in [0.25, 0.3) is 0 Å². The van der Waals surface area contributed by atoms with E-state index in [1.165, 1.54) is 77.0 Å². The van der Waals surface area contributed by atoms with Gasteiger partial charge in [-0.15, -0.1) is 0 Å². The molecule has 0 aromatic carbocycles. The van der Waals surface area contributed by atoms with Gasteiger partial charge in [-0.25, -0.2) is 4.57 Å². The van der Waals surface area contributed by atoms with Crippen molar-refractivity contribution in [2.45, 2.75) is 193 Å². The quantitative estimate of drug-likeness (QED) is 0.0241. The molecule has 1 unspecified atom stereocenters. The number of allylic oxidation sites excluding steroid dienone is 4. The second-order valence-corrected chi connectivity index (χ2v) is 15.1. The molecule has 300 valence electrons. The number of carbonyl (C=O) groups is 2. The maximum atomic E-state index is 12.6. The molecule has 0 fully saturated rings. The second kappa shape index (κ2) is 36.8. The molecule has 0 saturated carbocycles. The molecule has 0 aromatic heterocycles. The highest BCUT2D eigenvalue weighted by Crippen LogP contribution is 2.43. The first kappa shape index (κ1) is 49.5. The van der Waals surface area contributed by atoms with Gasteiger partial charge >= 0.3 is 19.8 Å². The minimum atomic E-state index is -4.61. The lowest BCUT2D eigenvalue weighted by Gasteiger charge is -2.20. The van der Waals surface area contributed by atoms with Crippen LogP contribution >= 0.6 is 7.82 Å². The molecule has 51 heavy (non-hydrogen) atoms. The molecule has 0 amide bonds. The van der Waals surface area contributed by atoms with E-state index in [-0.39, 0.29) is 19.4 Å². The first-order valence-corrected chi connectivity index (χ1v) is 21.8. The van der Waals surface area contributed by atoms with Crippen LogP contribution in [0.25, 0.3) is 0 Å². The van der Waals surface area contributed by atoms with Crippen molar-refractivity contribution in [2.24, 2.45) is 0 Å². The summed E-state index contributed by atoms with van der Waals surface area (Å²) >= 11 is 0. The van der Waals surface area contributed by atoms with Crippen LogP contribution in [0.1, 0.15) is 181 Å². The average molecular weight is 747 g/mol. The Hall–Kier alpha value is -1.55. The van der Waals surface area contributed by atoms with E-state index >= 15 is 0 Å². The van der Waals surface area contributed by atoms with Crippen molar-refractivity contribution in [3.8, 4) is 0 Å². The third-order valence-electron chi connectivity index (χ3n) is 8.58. The summed E-state index contributed by atoms with van der Waals surface area (Å²) in [5, 5.41) is 18.3. The van der Waals surface area contributed by atoms with Crippen LogP contribution in [0.2, 0.25) is 0 Å². The topological polar surface area (TPSA) is 149 Å². The molecule has 0 bridgehead atoms. The number of esters is 2. The largest absolute Gasteiger partial charge is 0.472 e. The molecule has 0 aliphatic heterocycles. The highest BCUT2D eigenvalue weighted by Gasteiger charge is 2.27. The zero-order valence-electron chi connectivity index (χ0n) is 32.3. The van der Waals surface area contributed by atoms with Crippen LogP contribution < -0.4 is 0 Å². The van der Waals surface area contributed by atoms with E-state index in [0.717, 1.165) is 64.2 Å². The van der Waals surface area contributed by atoms with E-state index in [0.29, 0.717) is 12.8 Å². The maximum Gasteiger partial charge on any atom is 0.472 e. The van der Waals surface area contributed by atoms with Crippen LogP contribution in [0.3, 0.4) is 0 Å². The number of rotatable bonds is 38. The minimum Gasteiger partial charge on any atom is -0.462 e. The lowest BCUT2D eigenvalue weighted by molar-refractivity contribution is -0.161. The number of carbonyl (C=O) groups excluding carboxylic acids is 2. The molecule has 10 nitrogen and oxygen atoms in total. The molecule has 0 saturated heterocycles. The summed E-state index contributed by atoms with van der Waals surface area (Å²) in [5.41, 5.74) is 0. The first-order valence-electron chi connectivity index (χ1n) is 20.3. The second-order valence-electron chi connectivity index (χ2n) is 13.7. The third-order valence-corrected chi connectivity index (χ3v) is 9.53. The number of phosphoric acid groups is 1. The number of hydrogen-bond acceptors (Lipinski definition) is 9. The predicted molar refractivity (Wildman–Crippen MR) is 205 cm³/mol. The standard InChI is InChI=1S/C40H75O10P/c1-3-5-7-9-11-13-15-17-18-20-21-23-25-27-29-31-39(43)47-35-38(36-49-51(45,46)48-34-37(42)33-41)50-40(44)32-30-28-26-24-22-19-16-14-12-10-8-6-4-2/h13-16,37-38,41-42H,3-12,17-36H2,1-2H3,(H,45,46)/t37-,38+/m0/s1. The fraction of sp³-hybridized carbons (Fsp3) is 0.850. The van der Waals surface area contributed by atoms with Gasteiger partial charge in [-0.05, 0) is 64.2 Å². The molecule has 0 radical (unpaired) electrons. The van der Waals surface area contributed by atoms with Gasteiger partial charge in [-0.1, -0.05) is 128 Å². The van der Waals surface area contributed by atoms with Gasteiger partial charge in [-0.3, -0.25) is 18.6 Å². The molecule has 3 atom stereocenters. The Kier molecular flexibility index (Phi) is 35.7. The molecule has 0 spiro atoms. The first-order chi connectivity index (χ1) is 24.7. The highest BCUT2D eigenvalue weighted by molar-refractivity contribution is 7.47. The SMILES string of the molecule is CCCCCCC=CCCCCCCCCCC(=O)OC[C@H](COP(=O)(O)OC[C@@H](O)CO)OC(=O)CCCCCCCC=CCCCCCC. The van der Waals surface area contributed by atoms with Crippen LogP contribution in [-0.4, -0.2) is 65.7 Å². The summed E-state index contributed by atoms with van der Waals surface area (Å²) in [6.45, 7) is 2.33. The zero-order valence-corrected chi connectivity index (χ0v) is 33.2. The van der Waals surface area contributed by atoms with Crippen molar-refractivity contribution in [3.63, 3.8) is 0 Å². The van der Waals surface area contributed by atoms with Gasteiger partial charge in [0, 0.05) is 12.8 Å². The van der Waals surface area contributed by atoms with Gasteiger partial charge < -0.3 is 24.6 Å². The normalized spacial score (nSPS) is 14.2. The Morgan fingerprint density at radius 1 is 0.569 bits per heavy atom. The van der Waals surface area contributed by atoms with Crippen LogP contribution in [-0.2, 0) is 32.7 Å². The number of phosphoric ester groups is 1. The molecule has 0 heterocycles. The number of aliphatic hydroxyl groups is 2. The summed E-state index contributed by atoms with van der Waals surface area (Å²) in [4.78, 5) is 34.9. The van der Waals surface area contributed by atoms with Crippen molar-refractivity contribution in [3.05, 3.63) is 24.3 Å². The summed E-state index contributed by atoms with van der Waals surface area (Å²) in [7, 11) is -4.61. The van der Waals surface area contributed by atoms with Crippen LogP contribution in [0, 0.1) is 0 Å². The molecule has 0 aliphatic rings. The van der Waals surface area contributed by atoms with Crippen molar-refractivity contribution in [1.29, 1.82) is 0 Å². The zero-order chi connectivity index (χ0) is 37.7. The number of hydrogen-bond donors (Lipinski definition) is 3. The molecular formula is C40H75O10P. The van der Waals surface area contributed by atoms with Crippen molar-refractivity contribution in [2.75, 3.05) is 26.4 Å². The fourth-order valence-electron chi connectivity index (χ4n) is 5.39. The van der Waals surface area contributed by atoms with Crippen LogP contribution in [0.15, 0.2) is 24.3 Å². The van der Waals surface area contributed by atoms with E-state index in [1.807, 2.05) is 0 Å². The van der Waals surface area contributed by atoms with Gasteiger partial charge in [0.05, 0.1) is 19.8 Å². The Morgan fingerprint density at radius 3 is 1.41 bits per heavy atom. The lowest BCUT2D eigenvalue weighted by Crippen LogP contribution is -2.29. The fourth-order valence-corrected chi connectivity index (χ4v) is 6.18. The van der Waals surface area contributed by atoms with Gasteiger partial charge in [0.1, 0.15) is 12.7 Å². The highest BCUT2D eigenvalue weighted by atomic mass is 31.2. The van der Waals surface area contributed by atoms with Gasteiger partial charge in [0.15, 0.2) is 6.10 Å². The van der Waals surface area contributed by atoms with E-state index < -0.39 is 51.8 Å². The van der Waals surface area contributed by atoms with Crippen molar-refractivity contribution < 1.29 is 47.8 Å². The van der Waals surface area contributed by atoms with Crippen molar-refractivity contribution >= 4 is 19.8 Å². The van der Waals surface area contributed by atoms with Crippen LogP contribution in [0.4, 0.5) is 0 Å². The van der Waals surface area contributed by atoms with Crippen molar-refractivity contribution in [1.82, 2.24) is 0 Å². The smallest absolute Gasteiger partial charge is 0.462 e. The summed E-state index contributed by atoms with van der Waals surface area (Å²) in [5.74, 6) is -0.938. The Balaban J connectivity index is 4.34. The predicted octanol–water partition coefficient (Wildman–Crippen LogP) is 10.2. The molecule has 3 N–H and O–H groups in total. The molecule has 11 heteroatoms. The number of unbranched alkanes of at least 4 members (excludes halogenated alkanes) is 20. The molecular weight excluding hydrogens is 671 g/mol. The van der Waals surface area contributed by atoms with E-state index in [4.69, 9.17) is 19.1 Å². The minimum absolute atomic E-state index is 0.175. The average Bonchev–Trinajstić information content (AvgIpc) is 3.12. The summed E-state index contributed by atoms with van der Waals surface area (Å²) in [6, 6.07) is 0. The molecule has 0 aliphatic carbocycles. The van der Waals surface area contributed by atoms with Gasteiger partial charge in [0.2, 0.25) is 0 Å². The van der Waals surface area contributed by atoms with E-state index in [9.17, 15) is 24.2 Å². The number of aliphatic hydroxyl groups excluding tert-OH is 2. The van der Waals surface area contributed by atoms with E-state index in [2.05, 4.69) is 42.7 Å². The molecule has 0 rings (SSSR count). The molecule has 0 aromatic rings.